The molecule has 2 atom stereocenters. The highest BCUT2D eigenvalue weighted by molar-refractivity contribution is 7.96. The average Bonchev–Trinajstić information content (AvgIpc) is 3.14. The van der Waals surface area contributed by atoms with Gasteiger partial charge in [0, 0.05) is 6.04 Å². The van der Waals surface area contributed by atoms with Crippen molar-refractivity contribution in [2.24, 2.45) is 0 Å². The molecule has 23 heavy (non-hydrogen) atoms. The Morgan fingerprint density at radius 1 is 1.09 bits per heavy atom. The van der Waals surface area contributed by atoms with Crippen molar-refractivity contribution in [2.45, 2.75) is 29.0 Å². The molecule has 1 aromatic rings. The van der Waals surface area contributed by atoms with Crippen LogP contribution in [0.5, 0.6) is 5.75 Å². The van der Waals surface area contributed by atoms with Gasteiger partial charge >= 0.3 is 0 Å². The number of likely N-dealkylation sites (tertiary alicyclic amines) is 1. The smallest absolute Gasteiger partial charge is 0.183 e. The van der Waals surface area contributed by atoms with Crippen molar-refractivity contribution in [2.75, 3.05) is 31.7 Å². The Morgan fingerprint density at radius 3 is 2.26 bits per heavy atom. The number of benzene rings is 1. The van der Waals surface area contributed by atoms with Gasteiger partial charge in [-0.1, -0.05) is 0 Å². The molecule has 128 valence electrons. The first-order valence-corrected chi connectivity index (χ1v) is 11.0. The lowest BCUT2D eigenvalue weighted by Crippen LogP contribution is -2.45. The predicted molar refractivity (Wildman–Crippen MR) is 87.2 cm³/mol. The van der Waals surface area contributed by atoms with Crippen molar-refractivity contribution in [3.63, 3.8) is 0 Å². The van der Waals surface area contributed by atoms with Gasteiger partial charge in [-0.25, -0.2) is 16.8 Å². The van der Waals surface area contributed by atoms with Crippen molar-refractivity contribution in [3.8, 4) is 5.75 Å². The van der Waals surface area contributed by atoms with Crippen LogP contribution >= 0.6 is 0 Å². The molecular formula is C15H21NO5S2. The second-order valence-electron chi connectivity index (χ2n) is 6.15. The highest BCUT2D eigenvalue weighted by Crippen LogP contribution is 2.31. The number of sulfone groups is 2. The van der Waals surface area contributed by atoms with Gasteiger partial charge in [-0.2, -0.15) is 0 Å². The summed E-state index contributed by atoms with van der Waals surface area (Å²) in [6.45, 7) is 1.55. The summed E-state index contributed by atoms with van der Waals surface area (Å²) >= 11 is 0. The number of hydrogen-bond acceptors (Lipinski definition) is 6. The van der Waals surface area contributed by atoms with Crippen LogP contribution in [0, 0.1) is 0 Å². The number of rotatable bonds is 4. The standard InChI is InChI=1S/C15H21NO5S2/c1-21-12-4-6-13(7-5-12)23(19,20)15-11-22(17,18)10-14(15)16-8-2-3-9-16/h4-7,14-15H,2-3,8-11H2,1H3/t14-,15-/m0/s1. The van der Waals surface area contributed by atoms with Gasteiger partial charge in [0.2, 0.25) is 0 Å². The molecule has 0 spiro atoms. The van der Waals surface area contributed by atoms with Crippen LogP contribution in [0.3, 0.4) is 0 Å². The fraction of sp³-hybridized carbons (Fsp3) is 0.600. The third-order valence-corrected chi connectivity index (χ3v) is 8.80. The van der Waals surface area contributed by atoms with E-state index in [1.165, 1.54) is 19.2 Å². The van der Waals surface area contributed by atoms with Gasteiger partial charge in [0.15, 0.2) is 19.7 Å². The van der Waals surface area contributed by atoms with Gasteiger partial charge in [0.1, 0.15) is 5.75 Å². The van der Waals surface area contributed by atoms with Gasteiger partial charge in [-0.3, -0.25) is 4.90 Å². The Bertz CT molecular complexity index is 765. The molecule has 0 radical (unpaired) electrons. The number of methoxy groups -OCH3 is 1. The lowest BCUT2D eigenvalue weighted by Gasteiger charge is -2.27. The quantitative estimate of drug-likeness (QED) is 0.788. The summed E-state index contributed by atoms with van der Waals surface area (Å²) in [5.74, 6) is 0.217. The third-order valence-electron chi connectivity index (χ3n) is 4.67. The van der Waals surface area contributed by atoms with Crippen LogP contribution in [0.15, 0.2) is 29.2 Å². The minimum Gasteiger partial charge on any atom is -0.497 e. The Kier molecular flexibility index (Phi) is 4.41. The molecule has 0 unspecified atom stereocenters. The molecule has 1 aromatic carbocycles. The maximum atomic E-state index is 13.0. The Morgan fingerprint density at radius 2 is 1.70 bits per heavy atom. The van der Waals surface area contributed by atoms with Crippen LogP contribution in [0.25, 0.3) is 0 Å². The maximum Gasteiger partial charge on any atom is 0.183 e. The molecule has 2 aliphatic rings. The third kappa shape index (κ3) is 3.25. The number of nitrogens with zero attached hydrogens (tertiary/aromatic N) is 1. The molecule has 0 aliphatic carbocycles. The van der Waals surface area contributed by atoms with Crippen LogP contribution in [-0.2, 0) is 19.7 Å². The van der Waals surface area contributed by atoms with Gasteiger partial charge < -0.3 is 4.74 Å². The van der Waals surface area contributed by atoms with E-state index in [-0.39, 0.29) is 16.4 Å². The second-order valence-corrected chi connectivity index (χ2v) is 10.5. The molecule has 0 saturated carbocycles. The van der Waals surface area contributed by atoms with Crippen molar-refractivity contribution in [3.05, 3.63) is 24.3 Å². The molecule has 2 saturated heterocycles. The zero-order chi connectivity index (χ0) is 16.7. The van der Waals surface area contributed by atoms with E-state index >= 15 is 0 Å². The largest absolute Gasteiger partial charge is 0.497 e. The van der Waals surface area contributed by atoms with Gasteiger partial charge in [-0.05, 0) is 50.2 Å². The average molecular weight is 359 g/mol. The minimum atomic E-state index is -3.70. The minimum absolute atomic E-state index is 0.0624. The molecule has 3 rings (SSSR count). The first-order valence-electron chi connectivity index (χ1n) is 7.66. The first kappa shape index (κ1) is 16.7. The fourth-order valence-corrected chi connectivity index (χ4v) is 8.28. The zero-order valence-electron chi connectivity index (χ0n) is 13.0. The van der Waals surface area contributed by atoms with E-state index in [0.717, 1.165) is 25.9 Å². The topological polar surface area (TPSA) is 80.8 Å². The van der Waals surface area contributed by atoms with Crippen LogP contribution < -0.4 is 4.74 Å². The summed E-state index contributed by atoms with van der Waals surface area (Å²) in [5.41, 5.74) is 0. The molecule has 2 fully saturated rings. The predicted octanol–water partition coefficient (Wildman–Crippen LogP) is 0.730. The lowest BCUT2D eigenvalue weighted by atomic mass is 10.2. The Labute approximate surface area is 137 Å². The summed E-state index contributed by atoms with van der Waals surface area (Å²) in [7, 11) is -5.52. The fourth-order valence-electron chi connectivity index (χ4n) is 3.45. The van der Waals surface area contributed by atoms with Gasteiger partial charge in [0.25, 0.3) is 0 Å². The van der Waals surface area contributed by atoms with Crippen LogP contribution in [0.2, 0.25) is 0 Å². The maximum absolute atomic E-state index is 13.0. The molecular weight excluding hydrogens is 338 g/mol. The van der Waals surface area contributed by atoms with Gasteiger partial charge in [0.05, 0.1) is 28.8 Å². The van der Waals surface area contributed by atoms with E-state index < -0.39 is 31.0 Å². The van der Waals surface area contributed by atoms with Crippen molar-refractivity contribution in [1.82, 2.24) is 4.90 Å². The molecule has 0 aromatic heterocycles. The van der Waals surface area contributed by atoms with Crippen molar-refractivity contribution in [1.29, 1.82) is 0 Å². The summed E-state index contributed by atoms with van der Waals surface area (Å²) < 4.78 is 55.1. The number of hydrogen-bond donors (Lipinski definition) is 0. The molecule has 2 heterocycles. The molecule has 0 N–H and O–H groups in total. The van der Waals surface area contributed by atoms with Crippen LogP contribution in [0.1, 0.15) is 12.8 Å². The normalized spacial score (nSPS) is 28.0. The SMILES string of the molecule is COc1ccc(S(=O)(=O)[C@H]2CS(=O)(=O)C[C@@H]2N2CCCC2)cc1. The monoisotopic (exact) mass is 359 g/mol. The summed E-state index contributed by atoms with van der Waals surface area (Å²) in [4.78, 5) is 2.18. The molecule has 0 amide bonds. The highest BCUT2D eigenvalue weighted by Gasteiger charge is 2.48. The van der Waals surface area contributed by atoms with E-state index in [9.17, 15) is 16.8 Å². The van der Waals surface area contributed by atoms with E-state index in [1.807, 2.05) is 4.90 Å². The van der Waals surface area contributed by atoms with E-state index in [0.29, 0.717) is 5.75 Å². The van der Waals surface area contributed by atoms with Gasteiger partial charge in [-0.15, -0.1) is 0 Å². The van der Waals surface area contributed by atoms with Crippen molar-refractivity contribution < 1.29 is 21.6 Å². The second kappa shape index (κ2) is 6.07. The lowest BCUT2D eigenvalue weighted by molar-refractivity contribution is 0.264. The molecule has 0 bridgehead atoms. The van der Waals surface area contributed by atoms with E-state index in [2.05, 4.69) is 0 Å². The summed E-state index contributed by atoms with van der Waals surface area (Å²) in [5, 5.41) is -0.890. The Balaban J connectivity index is 1.95. The zero-order valence-corrected chi connectivity index (χ0v) is 14.6. The van der Waals surface area contributed by atoms with E-state index in [1.54, 1.807) is 12.1 Å². The van der Waals surface area contributed by atoms with E-state index in [4.69, 9.17) is 4.74 Å². The van der Waals surface area contributed by atoms with Crippen molar-refractivity contribution >= 4 is 19.7 Å². The molecule has 6 nitrogen and oxygen atoms in total. The number of ether oxygens (including phenoxy) is 1. The Hall–Kier alpha value is -1.12. The molecule has 2 aliphatic heterocycles. The first-order chi connectivity index (χ1) is 10.8. The summed E-state index contributed by atoms with van der Waals surface area (Å²) in [6.07, 6.45) is 1.98. The highest BCUT2D eigenvalue weighted by atomic mass is 32.2. The van der Waals surface area contributed by atoms with Crippen LogP contribution in [0.4, 0.5) is 0 Å². The summed E-state index contributed by atoms with van der Waals surface area (Å²) in [6, 6.07) is 5.71. The molecule has 8 heteroatoms. The van der Waals surface area contributed by atoms with Crippen LogP contribution in [-0.4, -0.2) is 64.7 Å².